The maximum Gasteiger partial charge on any atom is 0.119 e. The van der Waals surface area contributed by atoms with Crippen LogP contribution in [0.2, 0.25) is 0 Å². The van der Waals surface area contributed by atoms with Crippen LogP contribution in [-0.2, 0) is 0 Å². The molecule has 0 aliphatic carbocycles. The summed E-state index contributed by atoms with van der Waals surface area (Å²) in [5.74, 6) is 1.88. The highest BCUT2D eigenvalue weighted by molar-refractivity contribution is 7.99. The summed E-state index contributed by atoms with van der Waals surface area (Å²) in [5.41, 5.74) is 2.21. The van der Waals surface area contributed by atoms with Gasteiger partial charge in [-0.3, -0.25) is 0 Å². The van der Waals surface area contributed by atoms with E-state index < -0.39 is 0 Å². The molecular formula is C12H18OS. The van der Waals surface area contributed by atoms with Crippen molar-refractivity contribution >= 4 is 11.8 Å². The van der Waals surface area contributed by atoms with Crippen molar-refractivity contribution in [3.05, 3.63) is 23.3 Å². The zero-order chi connectivity index (χ0) is 10.7. The Hall–Kier alpha value is -0.630. The van der Waals surface area contributed by atoms with Crippen LogP contribution in [0.4, 0.5) is 0 Å². The van der Waals surface area contributed by atoms with Crippen LogP contribution in [0.1, 0.15) is 37.8 Å². The second-order valence-electron chi connectivity index (χ2n) is 3.76. The van der Waals surface area contributed by atoms with E-state index >= 15 is 0 Å². The molecular weight excluding hydrogens is 192 g/mol. The molecule has 0 aliphatic heterocycles. The Morgan fingerprint density at radius 1 is 1.36 bits per heavy atom. The third-order valence-corrected chi connectivity index (χ3v) is 3.29. The van der Waals surface area contributed by atoms with Crippen LogP contribution in [-0.4, -0.2) is 10.9 Å². The van der Waals surface area contributed by atoms with E-state index in [9.17, 15) is 5.11 Å². The number of hydrogen-bond donors (Lipinski definition) is 1. The Balaban J connectivity index is 3.13. The van der Waals surface area contributed by atoms with Gasteiger partial charge in [-0.15, -0.1) is 11.8 Å². The Kier molecular flexibility index (Phi) is 3.87. The number of phenolic OH excluding ortho intramolecular Hbond substituents is 1. The minimum atomic E-state index is 0.381. The smallest absolute Gasteiger partial charge is 0.119 e. The van der Waals surface area contributed by atoms with Gasteiger partial charge in [-0.2, -0.15) is 0 Å². The zero-order valence-electron chi connectivity index (χ0n) is 9.29. The average molecular weight is 210 g/mol. The van der Waals surface area contributed by atoms with E-state index in [2.05, 4.69) is 26.8 Å². The molecule has 1 nitrogen and oxygen atoms in total. The van der Waals surface area contributed by atoms with Crippen LogP contribution in [0.5, 0.6) is 5.75 Å². The average Bonchev–Trinajstić information content (AvgIpc) is 2.09. The van der Waals surface area contributed by atoms with Gasteiger partial charge < -0.3 is 5.11 Å². The molecule has 0 aliphatic rings. The maximum absolute atomic E-state index is 9.75. The van der Waals surface area contributed by atoms with Crippen molar-refractivity contribution in [1.82, 2.24) is 0 Å². The summed E-state index contributed by atoms with van der Waals surface area (Å²) >= 11 is 1.83. The van der Waals surface area contributed by atoms with E-state index in [-0.39, 0.29) is 0 Å². The molecule has 1 aromatic carbocycles. The van der Waals surface area contributed by atoms with Gasteiger partial charge >= 0.3 is 0 Å². The second kappa shape index (κ2) is 4.74. The van der Waals surface area contributed by atoms with Crippen molar-refractivity contribution in [3.8, 4) is 5.75 Å². The molecule has 0 unspecified atom stereocenters. The van der Waals surface area contributed by atoms with Gasteiger partial charge in [0.1, 0.15) is 5.75 Å². The Labute approximate surface area is 90.5 Å². The highest BCUT2D eigenvalue weighted by Gasteiger charge is 2.09. The lowest BCUT2D eigenvalue weighted by Crippen LogP contribution is -1.91. The number of aromatic hydroxyl groups is 1. The molecule has 1 aromatic rings. The molecule has 1 N–H and O–H groups in total. The Morgan fingerprint density at radius 3 is 2.50 bits per heavy atom. The molecule has 0 fully saturated rings. The van der Waals surface area contributed by atoms with Gasteiger partial charge in [-0.05, 0) is 41.9 Å². The summed E-state index contributed by atoms with van der Waals surface area (Å²) in [5, 5.41) is 9.75. The van der Waals surface area contributed by atoms with E-state index in [1.54, 1.807) is 0 Å². The first-order valence-corrected chi connectivity index (χ1v) is 6.01. The van der Waals surface area contributed by atoms with E-state index in [0.717, 1.165) is 11.3 Å². The van der Waals surface area contributed by atoms with Crippen molar-refractivity contribution in [2.75, 3.05) is 5.75 Å². The lowest BCUT2D eigenvalue weighted by Gasteiger charge is -2.12. The predicted molar refractivity (Wildman–Crippen MR) is 63.3 cm³/mol. The van der Waals surface area contributed by atoms with Gasteiger partial charge in [0, 0.05) is 4.90 Å². The molecule has 14 heavy (non-hydrogen) atoms. The molecule has 0 aromatic heterocycles. The topological polar surface area (TPSA) is 20.2 Å². The first-order chi connectivity index (χ1) is 6.56. The van der Waals surface area contributed by atoms with Crippen LogP contribution >= 0.6 is 11.8 Å². The van der Waals surface area contributed by atoms with Crippen molar-refractivity contribution in [2.45, 2.75) is 38.5 Å². The zero-order valence-corrected chi connectivity index (χ0v) is 10.1. The van der Waals surface area contributed by atoms with Gasteiger partial charge in [-0.25, -0.2) is 0 Å². The van der Waals surface area contributed by atoms with Gasteiger partial charge in [-0.1, -0.05) is 20.8 Å². The molecule has 0 amide bonds. The number of phenols is 1. The minimum absolute atomic E-state index is 0.381. The number of hydrogen-bond acceptors (Lipinski definition) is 2. The summed E-state index contributed by atoms with van der Waals surface area (Å²) < 4.78 is 0. The minimum Gasteiger partial charge on any atom is -0.508 e. The van der Waals surface area contributed by atoms with E-state index in [4.69, 9.17) is 0 Å². The first-order valence-electron chi connectivity index (χ1n) is 5.02. The largest absolute Gasteiger partial charge is 0.508 e. The molecule has 0 heterocycles. The summed E-state index contributed by atoms with van der Waals surface area (Å²) in [7, 11) is 0. The second-order valence-corrected chi connectivity index (χ2v) is 5.07. The molecule has 0 atom stereocenters. The van der Waals surface area contributed by atoms with Crippen LogP contribution < -0.4 is 0 Å². The number of thioether (sulfide) groups is 1. The van der Waals surface area contributed by atoms with Crippen molar-refractivity contribution in [1.29, 1.82) is 0 Å². The van der Waals surface area contributed by atoms with Gasteiger partial charge in [0.05, 0.1) is 0 Å². The number of benzene rings is 1. The highest BCUT2D eigenvalue weighted by Crippen LogP contribution is 2.33. The fourth-order valence-corrected chi connectivity index (χ4v) is 2.27. The number of aryl methyl sites for hydroxylation is 1. The fraction of sp³-hybridized carbons (Fsp3) is 0.500. The van der Waals surface area contributed by atoms with Crippen LogP contribution in [0.15, 0.2) is 17.0 Å². The first kappa shape index (κ1) is 11.4. The molecule has 1 rings (SSSR count). The lowest BCUT2D eigenvalue weighted by atomic mass is 10.0. The van der Waals surface area contributed by atoms with Gasteiger partial charge in [0.15, 0.2) is 0 Å². The molecule has 0 bridgehead atoms. The molecule has 0 saturated carbocycles. The third-order valence-electron chi connectivity index (χ3n) is 2.25. The molecule has 78 valence electrons. The maximum atomic E-state index is 9.75. The summed E-state index contributed by atoms with van der Waals surface area (Å²) in [6, 6.07) is 3.98. The van der Waals surface area contributed by atoms with E-state index in [1.165, 1.54) is 10.5 Å². The molecule has 0 radical (unpaired) electrons. The van der Waals surface area contributed by atoms with Crippen molar-refractivity contribution < 1.29 is 5.11 Å². The van der Waals surface area contributed by atoms with Crippen molar-refractivity contribution in [3.63, 3.8) is 0 Å². The summed E-state index contributed by atoms with van der Waals surface area (Å²) in [6.07, 6.45) is 0. The fourth-order valence-electron chi connectivity index (χ4n) is 1.46. The monoisotopic (exact) mass is 210 g/mol. The lowest BCUT2D eigenvalue weighted by molar-refractivity contribution is 0.463. The SMILES string of the molecule is CCSc1cc(C(C)C)c(O)cc1C. The molecule has 2 heteroatoms. The molecule has 0 saturated heterocycles. The van der Waals surface area contributed by atoms with Gasteiger partial charge in [0.25, 0.3) is 0 Å². The molecule has 0 spiro atoms. The van der Waals surface area contributed by atoms with Crippen LogP contribution in [0.25, 0.3) is 0 Å². The number of rotatable bonds is 3. The Bertz CT molecular complexity index is 318. The third kappa shape index (κ3) is 2.44. The highest BCUT2D eigenvalue weighted by atomic mass is 32.2. The Morgan fingerprint density at radius 2 is 2.00 bits per heavy atom. The standard InChI is InChI=1S/C12H18OS/c1-5-14-12-7-10(8(2)3)11(13)6-9(12)4/h6-8,13H,5H2,1-4H3. The summed E-state index contributed by atoms with van der Waals surface area (Å²) in [6.45, 7) is 8.39. The quantitative estimate of drug-likeness (QED) is 0.763. The van der Waals surface area contributed by atoms with E-state index in [0.29, 0.717) is 11.7 Å². The normalized spacial score (nSPS) is 10.9. The van der Waals surface area contributed by atoms with E-state index in [1.807, 2.05) is 24.8 Å². The van der Waals surface area contributed by atoms with Crippen molar-refractivity contribution in [2.24, 2.45) is 0 Å². The van der Waals surface area contributed by atoms with Crippen LogP contribution in [0.3, 0.4) is 0 Å². The predicted octanol–water partition coefficient (Wildman–Crippen LogP) is 3.94. The van der Waals surface area contributed by atoms with Gasteiger partial charge in [0.2, 0.25) is 0 Å². The summed E-state index contributed by atoms with van der Waals surface area (Å²) in [4.78, 5) is 1.29. The van der Waals surface area contributed by atoms with Crippen LogP contribution in [0, 0.1) is 6.92 Å².